The topological polar surface area (TPSA) is 18.5 Å². The Hall–Kier alpha value is -1.25. The number of benzene rings is 1. The largest absolute Gasteiger partial charge is 0.486 e. The van der Waals surface area contributed by atoms with Gasteiger partial charge in [-0.3, -0.25) is 0 Å². The van der Waals surface area contributed by atoms with Crippen molar-refractivity contribution in [1.29, 1.82) is 0 Å². The van der Waals surface area contributed by atoms with Crippen LogP contribution in [-0.2, 0) is 6.67 Å². The van der Waals surface area contributed by atoms with Crippen LogP contribution in [0, 0.1) is 0 Å². The van der Waals surface area contributed by atoms with E-state index in [1.54, 1.807) is 18.2 Å². The van der Waals surface area contributed by atoms with Crippen molar-refractivity contribution < 1.29 is 13.9 Å². The average Bonchev–Trinajstić information content (AvgIpc) is 2.17. The van der Waals surface area contributed by atoms with Crippen molar-refractivity contribution in [2.45, 2.75) is 6.67 Å². The van der Waals surface area contributed by atoms with Gasteiger partial charge in [-0.1, -0.05) is 6.07 Å². The zero-order chi connectivity index (χ0) is 8.39. The normalized spacial score (nSPS) is 14.4. The fourth-order valence-corrected chi connectivity index (χ4v) is 1.17. The summed E-state index contributed by atoms with van der Waals surface area (Å²) in [5.41, 5.74) is 0.624. The third-order valence-electron chi connectivity index (χ3n) is 1.76. The molecule has 1 aliphatic heterocycles. The molecule has 0 saturated carbocycles. The number of alkyl halides is 1. The lowest BCUT2D eigenvalue weighted by Crippen LogP contribution is -2.15. The molecule has 1 aromatic carbocycles. The molecule has 3 heteroatoms. The molecule has 0 aromatic heterocycles. The lowest BCUT2D eigenvalue weighted by molar-refractivity contribution is 0.171. The maximum Gasteiger partial charge on any atom is 0.161 e. The summed E-state index contributed by atoms with van der Waals surface area (Å²) >= 11 is 0. The minimum atomic E-state index is -0.462. The highest BCUT2D eigenvalue weighted by Crippen LogP contribution is 2.30. The molecule has 0 spiro atoms. The maximum atomic E-state index is 12.2. The number of fused-ring (bicyclic) bond motifs is 1. The van der Waals surface area contributed by atoms with Gasteiger partial charge in [-0.25, -0.2) is 4.39 Å². The van der Waals surface area contributed by atoms with Crippen molar-refractivity contribution in [3.8, 4) is 11.5 Å². The molecule has 0 amide bonds. The lowest BCUT2D eigenvalue weighted by Gasteiger charge is -2.18. The smallest absolute Gasteiger partial charge is 0.161 e. The van der Waals surface area contributed by atoms with Crippen molar-refractivity contribution in [2.75, 3.05) is 13.2 Å². The first-order valence-corrected chi connectivity index (χ1v) is 3.84. The number of hydrogen-bond donors (Lipinski definition) is 0. The van der Waals surface area contributed by atoms with Gasteiger partial charge in [0.25, 0.3) is 0 Å². The van der Waals surface area contributed by atoms with E-state index in [9.17, 15) is 4.39 Å². The van der Waals surface area contributed by atoms with Crippen LogP contribution >= 0.6 is 0 Å². The number of halogens is 1. The molecule has 0 radical (unpaired) electrons. The highest BCUT2D eigenvalue weighted by molar-refractivity contribution is 5.43. The van der Waals surface area contributed by atoms with E-state index in [2.05, 4.69) is 0 Å². The van der Waals surface area contributed by atoms with Gasteiger partial charge in [0, 0.05) is 0 Å². The first-order valence-electron chi connectivity index (χ1n) is 3.84. The zero-order valence-corrected chi connectivity index (χ0v) is 6.55. The van der Waals surface area contributed by atoms with Gasteiger partial charge in [0.15, 0.2) is 11.5 Å². The Kier molecular flexibility index (Phi) is 1.86. The van der Waals surface area contributed by atoms with Crippen LogP contribution in [0.2, 0.25) is 0 Å². The third kappa shape index (κ3) is 1.22. The second-order valence-corrected chi connectivity index (χ2v) is 2.61. The van der Waals surface area contributed by atoms with Gasteiger partial charge >= 0.3 is 0 Å². The molecule has 1 aliphatic rings. The van der Waals surface area contributed by atoms with Gasteiger partial charge in [-0.05, 0) is 17.7 Å². The standard InChI is InChI=1S/C9H9FO2/c10-6-7-1-2-8-9(5-7)12-4-3-11-8/h1-2,5H,3-4,6H2. The summed E-state index contributed by atoms with van der Waals surface area (Å²) in [4.78, 5) is 0. The average molecular weight is 168 g/mol. The van der Waals surface area contributed by atoms with E-state index < -0.39 is 6.67 Å². The molecule has 0 fully saturated rings. The molecule has 0 saturated heterocycles. The van der Waals surface area contributed by atoms with Crippen LogP contribution in [0.25, 0.3) is 0 Å². The van der Waals surface area contributed by atoms with E-state index in [1.807, 2.05) is 0 Å². The predicted octanol–water partition coefficient (Wildman–Crippen LogP) is 1.93. The molecular weight excluding hydrogens is 159 g/mol. The summed E-state index contributed by atoms with van der Waals surface area (Å²) < 4.78 is 22.7. The summed E-state index contributed by atoms with van der Waals surface area (Å²) in [5, 5.41) is 0. The van der Waals surface area contributed by atoms with Gasteiger partial charge in [0.05, 0.1) is 0 Å². The van der Waals surface area contributed by atoms with Crippen molar-refractivity contribution in [1.82, 2.24) is 0 Å². The lowest BCUT2D eigenvalue weighted by atomic mass is 10.2. The Morgan fingerprint density at radius 2 is 1.92 bits per heavy atom. The molecule has 1 aromatic rings. The second-order valence-electron chi connectivity index (χ2n) is 2.61. The summed E-state index contributed by atoms with van der Waals surface area (Å²) in [6, 6.07) is 5.12. The molecule has 0 bridgehead atoms. The van der Waals surface area contributed by atoms with Crippen LogP contribution in [0.15, 0.2) is 18.2 Å². The van der Waals surface area contributed by atoms with Crippen molar-refractivity contribution >= 4 is 0 Å². The summed E-state index contributed by atoms with van der Waals surface area (Å²) in [6.45, 7) is 0.654. The minimum Gasteiger partial charge on any atom is -0.486 e. The fourth-order valence-electron chi connectivity index (χ4n) is 1.17. The monoisotopic (exact) mass is 168 g/mol. The summed E-state index contributed by atoms with van der Waals surface area (Å²) in [7, 11) is 0. The van der Waals surface area contributed by atoms with Gasteiger partial charge in [0.1, 0.15) is 19.9 Å². The highest BCUT2D eigenvalue weighted by Gasteiger charge is 2.10. The van der Waals surface area contributed by atoms with Crippen LogP contribution in [0.3, 0.4) is 0 Å². The van der Waals surface area contributed by atoms with Gasteiger partial charge in [-0.15, -0.1) is 0 Å². The van der Waals surface area contributed by atoms with Crippen molar-refractivity contribution in [3.63, 3.8) is 0 Å². The molecular formula is C9H9FO2. The summed E-state index contributed by atoms with van der Waals surface area (Å²) in [5.74, 6) is 1.36. The van der Waals surface area contributed by atoms with Crippen molar-refractivity contribution in [2.24, 2.45) is 0 Å². The molecule has 1 heterocycles. The van der Waals surface area contributed by atoms with Crippen LogP contribution in [0.4, 0.5) is 4.39 Å². The molecule has 2 rings (SSSR count). The van der Waals surface area contributed by atoms with Gasteiger partial charge < -0.3 is 9.47 Å². The zero-order valence-electron chi connectivity index (χ0n) is 6.55. The van der Waals surface area contributed by atoms with Crippen LogP contribution in [0.5, 0.6) is 11.5 Å². The van der Waals surface area contributed by atoms with Gasteiger partial charge in [0.2, 0.25) is 0 Å². The van der Waals surface area contributed by atoms with E-state index >= 15 is 0 Å². The number of rotatable bonds is 1. The number of ether oxygens (including phenoxy) is 2. The molecule has 12 heavy (non-hydrogen) atoms. The first-order chi connectivity index (χ1) is 5.90. The number of hydrogen-bond acceptors (Lipinski definition) is 2. The molecule has 0 N–H and O–H groups in total. The third-order valence-corrected chi connectivity index (χ3v) is 1.76. The molecule has 0 atom stereocenters. The minimum absolute atomic E-state index is 0.462. The fraction of sp³-hybridized carbons (Fsp3) is 0.333. The van der Waals surface area contributed by atoms with E-state index in [0.717, 1.165) is 0 Å². The molecule has 0 aliphatic carbocycles. The van der Waals surface area contributed by atoms with E-state index in [0.29, 0.717) is 30.3 Å². The Morgan fingerprint density at radius 1 is 1.17 bits per heavy atom. The quantitative estimate of drug-likeness (QED) is 0.637. The van der Waals surface area contributed by atoms with Gasteiger partial charge in [-0.2, -0.15) is 0 Å². The summed E-state index contributed by atoms with van der Waals surface area (Å²) in [6.07, 6.45) is 0. The SMILES string of the molecule is FCc1ccc2c(c1)OCCO2. The van der Waals surface area contributed by atoms with Crippen LogP contribution in [-0.4, -0.2) is 13.2 Å². The Labute approximate surface area is 69.9 Å². The van der Waals surface area contributed by atoms with Crippen molar-refractivity contribution in [3.05, 3.63) is 23.8 Å². The second kappa shape index (κ2) is 3.01. The molecule has 0 unspecified atom stereocenters. The van der Waals surface area contributed by atoms with E-state index in [1.165, 1.54) is 0 Å². The Balaban J connectivity index is 2.36. The van der Waals surface area contributed by atoms with E-state index in [4.69, 9.17) is 9.47 Å². The van der Waals surface area contributed by atoms with E-state index in [-0.39, 0.29) is 0 Å². The predicted molar refractivity (Wildman–Crippen MR) is 42.2 cm³/mol. The Bertz CT molecular complexity index is 286. The maximum absolute atomic E-state index is 12.2. The Morgan fingerprint density at radius 3 is 2.67 bits per heavy atom. The first kappa shape index (κ1) is 7.40. The van der Waals surface area contributed by atoms with Crippen LogP contribution < -0.4 is 9.47 Å². The molecule has 2 nitrogen and oxygen atoms in total. The van der Waals surface area contributed by atoms with Crippen LogP contribution in [0.1, 0.15) is 5.56 Å². The highest BCUT2D eigenvalue weighted by atomic mass is 19.1. The molecule has 64 valence electrons.